The Kier molecular flexibility index (Phi) is 5.26. The van der Waals surface area contributed by atoms with Crippen LogP contribution in [0.25, 0.3) is 0 Å². The Balaban J connectivity index is 2.11. The van der Waals surface area contributed by atoms with Gasteiger partial charge in [-0.05, 0) is 43.5 Å². The van der Waals surface area contributed by atoms with E-state index in [4.69, 9.17) is 5.11 Å². The SMILES string of the molecule is CC(C)C(C)(CC(=O)O)NC(=O)c1ccc(N2CCCC2=O)cc1. The average Bonchev–Trinajstić information content (AvgIpc) is 2.92. The third-order valence-corrected chi connectivity index (χ3v) is 4.71. The number of aliphatic carboxylic acids is 1. The Morgan fingerprint density at radius 2 is 1.92 bits per heavy atom. The summed E-state index contributed by atoms with van der Waals surface area (Å²) in [6.07, 6.45) is 1.27. The van der Waals surface area contributed by atoms with Crippen molar-refractivity contribution in [2.45, 2.75) is 45.6 Å². The number of benzene rings is 1. The summed E-state index contributed by atoms with van der Waals surface area (Å²) in [5.41, 5.74) is 0.404. The summed E-state index contributed by atoms with van der Waals surface area (Å²) < 4.78 is 0. The van der Waals surface area contributed by atoms with Crippen LogP contribution in [0.15, 0.2) is 24.3 Å². The molecule has 2 amide bonds. The molecule has 1 fully saturated rings. The predicted molar refractivity (Wildman–Crippen MR) is 91.0 cm³/mol. The lowest BCUT2D eigenvalue weighted by Gasteiger charge is -2.33. The van der Waals surface area contributed by atoms with Crippen molar-refractivity contribution in [2.24, 2.45) is 5.92 Å². The standard InChI is InChI=1S/C18H24N2O4/c1-12(2)18(3,11-16(22)23)19-17(24)13-6-8-14(9-7-13)20-10-4-5-15(20)21/h6-9,12H,4-5,10-11H2,1-3H3,(H,19,24)(H,22,23). The summed E-state index contributed by atoms with van der Waals surface area (Å²) in [4.78, 5) is 37.0. The molecular formula is C18H24N2O4. The molecule has 2 rings (SSSR count). The molecule has 2 N–H and O–H groups in total. The molecule has 0 radical (unpaired) electrons. The van der Waals surface area contributed by atoms with Gasteiger partial charge in [-0.3, -0.25) is 14.4 Å². The van der Waals surface area contributed by atoms with Crippen LogP contribution in [0.4, 0.5) is 5.69 Å². The maximum atomic E-state index is 12.5. The van der Waals surface area contributed by atoms with Gasteiger partial charge in [-0.15, -0.1) is 0 Å². The maximum absolute atomic E-state index is 12.5. The zero-order valence-electron chi connectivity index (χ0n) is 14.3. The number of carboxylic acid groups (broad SMARTS) is 1. The summed E-state index contributed by atoms with van der Waals surface area (Å²) in [5, 5.41) is 11.9. The van der Waals surface area contributed by atoms with Crippen LogP contribution in [0.1, 0.15) is 50.4 Å². The summed E-state index contributed by atoms with van der Waals surface area (Å²) in [6, 6.07) is 6.83. The number of hydrogen-bond acceptors (Lipinski definition) is 3. The highest BCUT2D eigenvalue weighted by molar-refractivity contribution is 5.98. The van der Waals surface area contributed by atoms with Crippen molar-refractivity contribution in [2.75, 3.05) is 11.4 Å². The number of carbonyl (C=O) groups is 3. The van der Waals surface area contributed by atoms with E-state index in [1.807, 2.05) is 13.8 Å². The molecule has 1 aliphatic heterocycles. The fraction of sp³-hybridized carbons (Fsp3) is 0.500. The van der Waals surface area contributed by atoms with E-state index in [2.05, 4.69) is 5.32 Å². The summed E-state index contributed by atoms with van der Waals surface area (Å²) in [5.74, 6) is -1.19. The smallest absolute Gasteiger partial charge is 0.305 e. The van der Waals surface area contributed by atoms with E-state index in [9.17, 15) is 14.4 Å². The Morgan fingerprint density at radius 1 is 1.29 bits per heavy atom. The van der Waals surface area contributed by atoms with E-state index < -0.39 is 11.5 Å². The minimum atomic E-state index is -0.950. The fourth-order valence-corrected chi connectivity index (χ4v) is 2.75. The third-order valence-electron chi connectivity index (χ3n) is 4.71. The molecule has 1 saturated heterocycles. The van der Waals surface area contributed by atoms with Crippen molar-refractivity contribution in [1.29, 1.82) is 0 Å². The molecule has 24 heavy (non-hydrogen) atoms. The molecule has 1 aromatic carbocycles. The van der Waals surface area contributed by atoms with E-state index in [0.29, 0.717) is 18.5 Å². The molecule has 6 heteroatoms. The number of rotatable bonds is 6. The molecule has 130 valence electrons. The van der Waals surface area contributed by atoms with Crippen LogP contribution < -0.4 is 10.2 Å². The Labute approximate surface area is 141 Å². The molecule has 0 bridgehead atoms. The highest BCUT2D eigenvalue weighted by atomic mass is 16.4. The van der Waals surface area contributed by atoms with Gasteiger partial charge in [0.25, 0.3) is 5.91 Å². The van der Waals surface area contributed by atoms with Crippen LogP contribution in [-0.4, -0.2) is 35.0 Å². The zero-order chi connectivity index (χ0) is 17.9. The van der Waals surface area contributed by atoms with Gasteiger partial charge in [0.2, 0.25) is 5.91 Å². The van der Waals surface area contributed by atoms with Gasteiger partial charge in [-0.1, -0.05) is 13.8 Å². The van der Waals surface area contributed by atoms with Crippen molar-refractivity contribution in [3.63, 3.8) is 0 Å². The molecule has 1 atom stereocenters. The monoisotopic (exact) mass is 332 g/mol. The first kappa shape index (κ1) is 18.0. The molecule has 0 saturated carbocycles. The first-order chi connectivity index (χ1) is 11.2. The third kappa shape index (κ3) is 3.93. The van der Waals surface area contributed by atoms with Gasteiger partial charge in [-0.25, -0.2) is 0 Å². The Hall–Kier alpha value is -2.37. The minimum Gasteiger partial charge on any atom is -0.481 e. The van der Waals surface area contributed by atoms with E-state index in [0.717, 1.165) is 12.1 Å². The predicted octanol–water partition coefficient (Wildman–Crippen LogP) is 2.43. The van der Waals surface area contributed by atoms with Gasteiger partial charge in [-0.2, -0.15) is 0 Å². The molecule has 0 aliphatic carbocycles. The number of nitrogens with one attached hydrogen (secondary N) is 1. The van der Waals surface area contributed by atoms with E-state index in [-0.39, 0.29) is 24.2 Å². The highest BCUT2D eigenvalue weighted by Crippen LogP contribution is 2.24. The Morgan fingerprint density at radius 3 is 2.38 bits per heavy atom. The van der Waals surface area contributed by atoms with E-state index >= 15 is 0 Å². The number of carboxylic acids is 1. The molecule has 1 unspecified atom stereocenters. The number of hydrogen-bond donors (Lipinski definition) is 2. The lowest BCUT2D eigenvalue weighted by Crippen LogP contribution is -2.51. The van der Waals surface area contributed by atoms with Crippen LogP contribution in [0.5, 0.6) is 0 Å². The van der Waals surface area contributed by atoms with Gasteiger partial charge >= 0.3 is 5.97 Å². The lowest BCUT2D eigenvalue weighted by atomic mass is 9.85. The van der Waals surface area contributed by atoms with Gasteiger partial charge in [0.15, 0.2) is 0 Å². The average molecular weight is 332 g/mol. The second kappa shape index (κ2) is 7.03. The summed E-state index contributed by atoms with van der Waals surface area (Å²) >= 11 is 0. The lowest BCUT2D eigenvalue weighted by molar-refractivity contribution is -0.139. The maximum Gasteiger partial charge on any atom is 0.305 e. The van der Waals surface area contributed by atoms with Crippen molar-refractivity contribution in [3.05, 3.63) is 29.8 Å². The molecule has 1 aliphatic rings. The van der Waals surface area contributed by atoms with Gasteiger partial charge in [0.05, 0.1) is 12.0 Å². The molecule has 0 spiro atoms. The molecule has 1 heterocycles. The van der Waals surface area contributed by atoms with Crippen molar-refractivity contribution >= 4 is 23.5 Å². The summed E-state index contributed by atoms with van der Waals surface area (Å²) in [7, 11) is 0. The van der Waals surface area contributed by atoms with Crippen molar-refractivity contribution in [1.82, 2.24) is 5.32 Å². The van der Waals surface area contributed by atoms with Gasteiger partial charge in [0.1, 0.15) is 0 Å². The molecule has 6 nitrogen and oxygen atoms in total. The first-order valence-electron chi connectivity index (χ1n) is 8.17. The largest absolute Gasteiger partial charge is 0.481 e. The van der Waals surface area contributed by atoms with Gasteiger partial charge < -0.3 is 15.3 Å². The van der Waals surface area contributed by atoms with Crippen molar-refractivity contribution < 1.29 is 19.5 Å². The number of anilines is 1. The zero-order valence-corrected chi connectivity index (χ0v) is 14.3. The van der Waals surface area contributed by atoms with Crippen LogP contribution in [0.3, 0.4) is 0 Å². The first-order valence-corrected chi connectivity index (χ1v) is 8.17. The van der Waals surface area contributed by atoms with Crippen LogP contribution in [-0.2, 0) is 9.59 Å². The second-order valence-electron chi connectivity index (χ2n) is 6.79. The number of nitrogens with zero attached hydrogens (tertiary/aromatic N) is 1. The van der Waals surface area contributed by atoms with Crippen LogP contribution in [0, 0.1) is 5.92 Å². The number of carbonyl (C=O) groups excluding carboxylic acids is 2. The van der Waals surface area contributed by atoms with Crippen LogP contribution >= 0.6 is 0 Å². The molecule has 1 aromatic rings. The topological polar surface area (TPSA) is 86.7 Å². The summed E-state index contributed by atoms with van der Waals surface area (Å²) in [6.45, 7) is 6.20. The second-order valence-corrected chi connectivity index (χ2v) is 6.79. The molecule has 0 aromatic heterocycles. The van der Waals surface area contributed by atoms with Crippen molar-refractivity contribution in [3.8, 4) is 0 Å². The van der Waals surface area contributed by atoms with Gasteiger partial charge in [0, 0.05) is 24.2 Å². The normalized spacial score (nSPS) is 17.0. The quantitative estimate of drug-likeness (QED) is 0.837. The Bertz CT molecular complexity index is 639. The van der Waals surface area contributed by atoms with E-state index in [1.165, 1.54) is 0 Å². The van der Waals surface area contributed by atoms with E-state index in [1.54, 1.807) is 36.1 Å². The molecular weight excluding hydrogens is 308 g/mol. The fourth-order valence-electron chi connectivity index (χ4n) is 2.75. The van der Waals surface area contributed by atoms with Crippen LogP contribution in [0.2, 0.25) is 0 Å². The highest BCUT2D eigenvalue weighted by Gasteiger charge is 2.33. The number of amides is 2. The minimum absolute atomic E-state index is 0.0287.